The quantitative estimate of drug-likeness (QED) is 0.795. The number of pyridine rings is 1. The molecule has 1 radical (unpaired) electrons. The topological polar surface area (TPSA) is 22.1 Å². The molecule has 2 nitrogen and oxygen atoms in total. The lowest BCUT2D eigenvalue weighted by Crippen LogP contribution is -1.91. The first-order valence-corrected chi connectivity index (χ1v) is 5.35. The molecule has 0 unspecified atom stereocenters. The molecule has 0 aliphatic rings. The third-order valence-corrected chi connectivity index (χ3v) is 2.37. The molecule has 81 valence electrons. The van der Waals surface area contributed by atoms with E-state index >= 15 is 0 Å². The predicted molar refractivity (Wildman–Crippen MR) is 64.8 cm³/mol. The Bertz CT molecular complexity index is 468. The van der Waals surface area contributed by atoms with Gasteiger partial charge in [-0.2, -0.15) is 0 Å². The van der Waals surface area contributed by atoms with Crippen molar-refractivity contribution in [3.63, 3.8) is 0 Å². The van der Waals surface area contributed by atoms with Crippen LogP contribution in [0.1, 0.15) is 12.6 Å². The van der Waals surface area contributed by atoms with Gasteiger partial charge in [0.15, 0.2) is 0 Å². The van der Waals surface area contributed by atoms with Crippen molar-refractivity contribution in [2.75, 3.05) is 0 Å². The van der Waals surface area contributed by atoms with Gasteiger partial charge < -0.3 is 4.74 Å². The van der Waals surface area contributed by atoms with Crippen molar-refractivity contribution in [3.8, 4) is 11.5 Å². The Morgan fingerprint density at radius 1 is 1.19 bits per heavy atom. The molecule has 1 heterocycles. The predicted octanol–water partition coefficient (Wildman–Crippen LogP) is 4.10. The number of halogens is 1. The third-order valence-electron chi connectivity index (χ3n) is 2.11. The van der Waals surface area contributed by atoms with Crippen molar-refractivity contribution < 1.29 is 4.74 Å². The molecule has 0 N–H and O–H groups in total. The standard InChI is InChI=1S/C13H11ClNO/c1-2-12-13(4-3-9-15-12)16-11-7-5-10(14)6-8-11/h2-9H,1H3. The summed E-state index contributed by atoms with van der Waals surface area (Å²) in [7, 11) is 0. The van der Waals surface area contributed by atoms with Crippen molar-refractivity contribution in [1.82, 2.24) is 4.98 Å². The molecule has 0 fully saturated rings. The van der Waals surface area contributed by atoms with Crippen LogP contribution in [0, 0.1) is 6.42 Å². The Labute approximate surface area is 99.9 Å². The van der Waals surface area contributed by atoms with Crippen molar-refractivity contribution in [2.45, 2.75) is 6.92 Å². The second-order valence-electron chi connectivity index (χ2n) is 3.23. The number of hydrogen-bond donors (Lipinski definition) is 0. The molecular weight excluding hydrogens is 222 g/mol. The van der Waals surface area contributed by atoms with Crippen LogP contribution >= 0.6 is 11.6 Å². The molecule has 0 spiro atoms. The smallest absolute Gasteiger partial charge is 0.149 e. The van der Waals surface area contributed by atoms with Gasteiger partial charge in [-0.1, -0.05) is 18.5 Å². The van der Waals surface area contributed by atoms with E-state index in [9.17, 15) is 0 Å². The Balaban J connectivity index is 2.23. The average Bonchev–Trinajstić information content (AvgIpc) is 2.33. The molecular formula is C13H11ClNO. The van der Waals surface area contributed by atoms with E-state index in [1.165, 1.54) is 0 Å². The van der Waals surface area contributed by atoms with Gasteiger partial charge in [-0.05, 0) is 36.4 Å². The number of nitrogens with zero attached hydrogens (tertiary/aromatic N) is 1. The summed E-state index contributed by atoms with van der Waals surface area (Å²) in [5.74, 6) is 1.49. The van der Waals surface area contributed by atoms with E-state index in [1.807, 2.05) is 37.6 Å². The van der Waals surface area contributed by atoms with Crippen LogP contribution in [0.2, 0.25) is 5.02 Å². The number of aromatic nitrogens is 1. The molecule has 3 heteroatoms. The van der Waals surface area contributed by atoms with Gasteiger partial charge >= 0.3 is 0 Å². The molecule has 16 heavy (non-hydrogen) atoms. The van der Waals surface area contributed by atoms with Crippen molar-refractivity contribution in [1.29, 1.82) is 0 Å². The minimum atomic E-state index is 0.695. The number of hydrogen-bond acceptors (Lipinski definition) is 2. The maximum Gasteiger partial charge on any atom is 0.149 e. The van der Waals surface area contributed by atoms with E-state index in [4.69, 9.17) is 16.3 Å². The minimum Gasteiger partial charge on any atom is -0.455 e. The highest BCUT2D eigenvalue weighted by Crippen LogP contribution is 2.25. The van der Waals surface area contributed by atoms with Crippen molar-refractivity contribution >= 4 is 11.6 Å². The van der Waals surface area contributed by atoms with Gasteiger partial charge in [0.25, 0.3) is 0 Å². The SMILES string of the molecule is C[CH]c1ncccc1Oc1ccc(Cl)cc1. The van der Waals surface area contributed by atoms with E-state index in [-0.39, 0.29) is 0 Å². The lowest BCUT2D eigenvalue weighted by Gasteiger charge is -2.08. The Kier molecular flexibility index (Phi) is 3.42. The van der Waals surface area contributed by atoms with E-state index < -0.39 is 0 Å². The molecule has 0 aliphatic heterocycles. The molecule has 0 saturated carbocycles. The fraction of sp³-hybridized carbons (Fsp3) is 0.0769. The van der Waals surface area contributed by atoms with Gasteiger partial charge in [-0.15, -0.1) is 0 Å². The third kappa shape index (κ3) is 2.52. The van der Waals surface area contributed by atoms with Crippen molar-refractivity contribution in [3.05, 3.63) is 59.7 Å². The molecule has 2 rings (SSSR count). The molecule has 0 saturated heterocycles. The molecule has 1 aromatic carbocycles. The normalized spacial score (nSPS) is 10.1. The van der Waals surface area contributed by atoms with Crippen molar-refractivity contribution in [2.24, 2.45) is 0 Å². The van der Waals surface area contributed by atoms with Crippen LogP contribution < -0.4 is 4.74 Å². The lowest BCUT2D eigenvalue weighted by atomic mass is 10.2. The lowest BCUT2D eigenvalue weighted by molar-refractivity contribution is 0.477. The highest BCUT2D eigenvalue weighted by molar-refractivity contribution is 6.30. The van der Waals surface area contributed by atoms with Crippen LogP contribution in [-0.2, 0) is 0 Å². The van der Waals surface area contributed by atoms with Gasteiger partial charge in [0, 0.05) is 17.6 Å². The Morgan fingerprint density at radius 2 is 1.94 bits per heavy atom. The fourth-order valence-corrected chi connectivity index (χ4v) is 1.46. The summed E-state index contributed by atoms with van der Waals surface area (Å²) in [6.07, 6.45) is 3.65. The van der Waals surface area contributed by atoms with E-state index in [0.29, 0.717) is 5.02 Å². The van der Waals surface area contributed by atoms with E-state index in [1.54, 1.807) is 18.3 Å². The van der Waals surface area contributed by atoms with Crippen LogP contribution in [-0.4, -0.2) is 4.98 Å². The molecule has 0 bridgehead atoms. The molecule has 2 aromatic rings. The van der Waals surface area contributed by atoms with Crippen LogP contribution in [0.15, 0.2) is 42.6 Å². The molecule has 0 aliphatic carbocycles. The first kappa shape index (κ1) is 11.0. The minimum absolute atomic E-state index is 0.695. The Morgan fingerprint density at radius 3 is 2.62 bits per heavy atom. The van der Waals surface area contributed by atoms with Crippen LogP contribution in [0.5, 0.6) is 11.5 Å². The summed E-state index contributed by atoms with van der Waals surface area (Å²) >= 11 is 5.80. The number of rotatable bonds is 3. The summed E-state index contributed by atoms with van der Waals surface area (Å²) < 4.78 is 5.70. The zero-order valence-electron chi connectivity index (χ0n) is 8.85. The number of ether oxygens (including phenoxy) is 1. The summed E-state index contributed by atoms with van der Waals surface area (Å²) in [6, 6.07) is 11.0. The van der Waals surface area contributed by atoms with Gasteiger partial charge in [0.1, 0.15) is 11.5 Å². The van der Waals surface area contributed by atoms with Crippen LogP contribution in [0.25, 0.3) is 0 Å². The second-order valence-corrected chi connectivity index (χ2v) is 3.67. The molecule has 1 aromatic heterocycles. The first-order chi connectivity index (χ1) is 7.79. The van der Waals surface area contributed by atoms with Crippen LogP contribution in [0.4, 0.5) is 0 Å². The fourth-order valence-electron chi connectivity index (χ4n) is 1.34. The monoisotopic (exact) mass is 232 g/mol. The highest BCUT2D eigenvalue weighted by Gasteiger charge is 2.03. The Hall–Kier alpha value is -1.54. The zero-order chi connectivity index (χ0) is 11.4. The van der Waals surface area contributed by atoms with Crippen LogP contribution in [0.3, 0.4) is 0 Å². The summed E-state index contributed by atoms with van der Waals surface area (Å²) in [5.41, 5.74) is 0.831. The second kappa shape index (κ2) is 4.99. The first-order valence-electron chi connectivity index (χ1n) is 4.97. The van der Waals surface area contributed by atoms with Gasteiger partial charge in [-0.25, -0.2) is 0 Å². The maximum atomic E-state index is 5.80. The summed E-state index contributed by atoms with van der Waals surface area (Å²) in [6.45, 7) is 1.93. The number of benzene rings is 1. The van der Waals surface area contributed by atoms with Gasteiger partial charge in [0.2, 0.25) is 0 Å². The van der Waals surface area contributed by atoms with E-state index in [0.717, 1.165) is 17.2 Å². The average molecular weight is 233 g/mol. The van der Waals surface area contributed by atoms with E-state index in [2.05, 4.69) is 4.98 Å². The summed E-state index contributed by atoms with van der Waals surface area (Å²) in [4.78, 5) is 4.20. The molecule has 0 atom stereocenters. The highest BCUT2D eigenvalue weighted by atomic mass is 35.5. The van der Waals surface area contributed by atoms with Gasteiger partial charge in [-0.3, -0.25) is 4.98 Å². The largest absolute Gasteiger partial charge is 0.455 e. The summed E-state index contributed by atoms with van der Waals surface area (Å²) in [5, 5.41) is 0.695. The maximum absolute atomic E-state index is 5.80. The van der Waals surface area contributed by atoms with Gasteiger partial charge in [0.05, 0.1) is 5.69 Å². The zero-order valence-corrected chi connectivity index (χ0v) is 9.61. The molecule has 0 amide bonds.